The summed E-state index contributed by atoms with van der Waals surface area (Å²) in [7, 11) is 2.94. The van der Waals surface area contributed by atoms with Crippen LogP contribution in [0, 0.1) is 11.6 Å². The molecular formula is C35H31F2N7O6. The van der Waals surface area contributed by atoms with Crippen LogP contribution in [0.4, 0.5) is 20.3 Å². The number of nitrogens with one attached hydrogen (secondary N) is 2. The molecule has 0 spiro atoms. The number of aliphatic hydroxyl groups excluding tert-OH is 1. The molecule has 1 unspecified atom stereocenters. The van der Waals surface area contributed by atoms with E-state index in [1.807, 2.05) is 24.3 Å². The summed E-state index contributed by atoms with van der Waals surface area (Å²) in [5.74, 6) is -1.18. The van der Waals surface area contributed by atoms with Crippen LogP contribution in [0.2, 0.25) is 0 Å². The van der Waals surface area contributed by atoms with Crippen LogP contribution in [0.25, 0.3) is 16.7 Å². The van der Waals surface area contributed by atoms with Crippen molar-refractivity contribution in [3.8, 4) is 22.9 Å². The van der Waals surface area contributed by atoms with E-state index in [9.17, 15) is 23.9 Å². The molecule has 0 fully saturated rings. The van der Waals surface area contributed by atoms with Crippen LogP contribution in [0.3, 0.4) is 0 Å². The summed E-state index contributed by atoms with van der Waals surface area (Å²) >= 11 is 0. The van der Waals surface area contributed by atoms with Gasteiger partial charge in [-0.25, -0.2) is 27.8 Å². The molecule has 1 atom stereocenters. The predicted molar refractivity (Wildman–Crippen MR) is 181 cm³/mol. The van der Waals surface area contributed by atoms with Gasteiger partial charge in [0.05, 0.1) is 25.9 Å². The number of anilines is 2. The Morgan fingerprint density at radius 3 is 2.42 bits per heavy atom. The summed E-state index contributed by atoms with van der Waals surface area (Å²) in [4.78, 5) is 43.6. The van der Waals surface area contributed by atoms with Gasteiger partial charge < -0.3 is 29.8 Å². The molecule has 1 amide bonds. The first-order valence-electron chi connectivity index (χ1n) is 15.3. The quantitative estimate of drug-likeness (QED) is 0.180. The summed E-state index contributed by atoms with van der Waals surface area (Å²) in [6.07, 6.45) is 2.57. The molecular weight excluding hydrogens is 652 g/mol. The molecule has 0 aliphatic rings. The number of aromatic nitrogens is 5. The standard InChI is InChI=1S/C35H31F2N7O6/c1-20(19-45)39-31-30-29(14-15-38-32(30)43(41-31)17-21-4-11-25(49-3)12-5-21)50-28-13-8-23(16-27(28)37)40-33(46)26-18-42(2)35(48)44(34(26)47)24-9-6-22(36)7-10-24/h4-16,18,20,45H,17,19H2,1-3H3,(H,39,41)(H,40,46). The molecule has 3 N–H and O–H groups in total. The maximum absolute atomic E-state index is 15.5. The molecule has 256 valence electrons. The Morgan fingerprint density at radius 1 is 1.00 bits per heavy atom. The number of aliphatic hydroxyl groups is 1. The van der Waals surface area contributed by atoms with Gasteiger partial charge in [-0.15, -0.1) is 0 Å². The van der Waals surface area contributed by atoms with E-state index in [1.54, 1.807) is 24.8 Å². The van der Waals surface area contributed by atoms with Crippen molar-refractivity contribution < 1.29 is 28.2 Å². The molecule has 50 heavy (non-hydrogen) atoms. The number of carbonyl (C=O) groups excluding carboxylic acids is 1. The number of fused-ring (bicyclic) bond motifs is 1. The Kier molecular flexibility index (Phi) is 9.41. The normalized spacial score (nSPS) is 11.7. The predicted octanol–water partition coefficient (Wildman–Crippen LogP) is 4.45. The molecule has 0 aliphatic carbocycles. The first-order valence-corrected chi connectivity index (χ1v) is 15.3. The van der Waals surface area contributed by atoms with Crippen LogP contribution in [0.1, 0.15) is 22.8 Å². The lowest BCUT2D eigenvalue weighted by Gasteiger charge is -2.13. The highest BCUT2D eigenvalue weighted by Crippen LogP contribution is 2.36. The fourth-order valence-corrected chi connectivity index (χ4v) is 5.17. The van der Waals surface area contributed by atoms with E-state index in [-0.39, 0.29) is 35.5 Å². The Morgan fingerprint density at radius 2 is 1.74 bits per heavy atom. The molecule has 6 aromatic rings. The van der Waals surface area contributed by atoms with Gasteiger partial charge in [0, 0.05) is 43.3 Å². The number of pyridine rings is 1. The van der Waals surface area contributed by atoms with E-state index in [0.29, 0.717) is 29.1 Å². The van der Waals surface area contributed by atoms with Crippen molar-refractivity contribution in [2.75, 3.05) is 24.4 Å². The largest absolute Gasteiger partial charge is 0.497 e. The second kappa shape index (κ2) is 14.0. The zero-order valence-electron chi connectivity index (χ0n) is 27.1. The summed E-state index contributed by atoms with van der Waals surface area (Å²) in [5.41, 5.74) is -0.648. The lowest BCUT2D eigenvalue weighted by atomic mass is 10.2. The van der Waals surface area contributed by atoms with Gasteiger partial charge in [0.1, 0.15) is 28.3 Å². The van der Waals surface area contributed by atoms with E-state index in [2.05, 4.69) is 20.7 Å². The van der Waals surface area contributed by atoms with Crippen LogP contribution >= 0.6 is 0 Å². The molecule has 0 saturated carbocycles. The number of methoxy groups -OCH3 is 1. The lowest BCUT2D eigenvalue weighted by Crippen LogP contribution is -2.41. The fraction of sp³-hybridized carbons (Fsp3) is 0.171. The summed E-state index contributed by atoms with van der Waals surface area (Å²) < 4.78 is 43.7. The van der Waals surface area contributed by atoms with E-state index in [1.165, 1.54) is 37.5 Å². The van der Waals surface area contributed by atoms with Crippen LogP contribution in [0.15, 0.2) is 94.8 Å². The molecule has 3 heterocycles. The van der Waals surface area contributed by atoms with Gasteiger partial charge in [0.2, 0.25) is 0 Å². The molecule has 0 saturated heterocycles. The van der Waals surface area contributed by atoms with Crippen molar-refractivity contribution in [1.82, 2.24) is 23.9 Å². The monoisotopic (exact) mass is 683 g/mol. The number of benzene rings is 3. The van der Waals surface area contributed by atoms with E-state index in [4.69, 9.17) is 9.47 Å². The molecule has 13 nitrogen and oxygen atoms in total. The van der Waals surface area contributed by atoms with Gasteiger partial charge in [0.15, 0.2) is 23.0 Å². The van der Waals surface area contributed by atoms with Gasteiger partial charge in [-0.05, 0) is 61.0 Å². The van der Waals surface area contributed by atoms with E-state index < -0.39 is 34.4 Å². The maximum Gasteiger partial charge on any atom is 0.335 e. The van der Waals surface area contributed by atoms with Crippen LogP contribution in [-0.4, -0.2) is 54.7 Å². The minimum atomic E-state index is -0.938. The van der Waals surface area contributed by atoms with Crippen LogP contribution in [0.5, 0.6) is 17.2 Å². The number of nitrogens with zero attached hydrogens (tertiary/aromatic N) is 5. The van der Waals surface area contributed by atoms with Crippen molar-refractivity contribution in [1.29, 1.82) is 0 Å². The highest BCUT2D eigenvalue weighted by Gasteiger charge is 2.21. The van der Waals surface area contributed by atoms with Gasteiger partial charge in [0.25, 0.3) is 11.5 Å². The molecule has 3 aromatic heterocycles. The number of carbonyl (C=O) groups is 1. The lowest BCUT2D eigenvalue weighted by molar-refractivity contribution is 0.102. The third kappa shape index (κ3) is 6.79. The second-order valence-corrected chi connectivity index (χ2v) is 11.3. The average molecular weight is 684 g/mol. The number of ether oxygens (including phenoxy) is 2. The van der Waals surface area contributed by atoms with Gasteiger partial charge in [-0.2, -0.15) is 5.10 Å². The number of hydrogen-bond acceptors (Lipinski definition) is 9. The first-order chi connectivity index (χ1) is 24.1. The first kappa shape index (κ1) is 33.5. The minimum absolute atomic E-state index is 0.00717. The number of hydrogen-bond donors (Lipinski definition) is 3. The highest BCUT2D eigenvalue weighted by molar-refractivity contribution is 6.04. The molecule has 6 rings (SSSR count). The van der Waals surface area contributed by atoms with Gasteiger partial charge >= 0.3 is 5.69 Å². The minimum Gasteiger partial charge on any atom is -0.497 e. The fourth-order valence-electron chi connectivity index (χ4n) is 5.17. The van der Waals surface area contributed by atoms with E-state index in [0.717, 1.165) is 39.1 Å². The zero-order chi connectivity index (χ0) is 35.5. The van der Waals surface area contributed by atoms with Gasteiger partial charge in [-0.1, -0.05) is 12.1 Å². The third-order valence-corrected chi connectivity index (χ3v) is 7.73. The average Bonchev–Trinajstić information content (AvgIpc) is 3.45. The second-order valence-electron chi connectivity index (χ2n) is 11.3. The number of aryl methyl sites for hydroxylation is 1. The summed E-state index contributed by atoms with van der Waals surface area (Å²) in [6, 6.07) is 17.0. The van der Waals surface area contributed by atoms with Crippen molar-refractivity contribution in [3.05, 3.63) is 129 Å². The van der Waals surface area contributed by atoms with Crippen molar-refractivity contribution in [2.24, 2.45) is 7.05 Å². The topological polar surface area (TPSA) is 155 Å². The summed E-state index contributed by atoms with van der Waals surface area (Å²) in [6.45, 7) is 1.94. The van der Waals surface area contributed by atoms with Crippen molar-refractivity contribution in [2.45, 2.75) is 19.5 Å². The highest BCUT2D eigenvalue weighted by atomic mass is 19.1. The zero-order valence-corrected chi connectivity index (χ0v) is 27.1. The summed E-state index contributed by atoms with van der Waals surface area (Å²) in [5, 5.41) is 20.4. The molecule has 0 aliphatic heterocycles. The molecule has 0 bridgehead atoms. The Hall–Kier alpha value is -6.35. The molecule has 3 aromatic carbocycles. The van der Waals surface area contributed by atoms with Crippen molar-refractivity contribution >= 4 is 28.4 Å². The number of rotatable bonds is 11. The van der Waals surface area contributed by atoms with Crippen LogP contribution < -0.4 is 31.4 Å². The third-order valence-electron chi connectivity index (χ3n) is 7.73. The number of amides is 1. The SMILES string of the molecule is COc1ccc(Cn2nc(NC(C)CO)c3c(Oc4ccc(NC(=O)c5cn(C)c(=O)n(-c6ccc(F)cc6)c5=O)cc4F)ccnc32)cc1. The Bertz CT molecular complexity index is 2320. The molecule has 0 radical (unpaired) electrons. The number of halogens is 2. The Balaban J connectivity index is 1.28. The molecule has 15 heteroatoms. The smallest absolute Gasteiger partial charge is 0.335 e. The van der Waals surface area contributed by atoms with Gasteiger partial charge in [-0.3, -0.25) is 9.59 Å². The Labute approximate surface area is 283 Å². The maximum atomic E-state index is 15.5. The van der Waals surface area contributed by atoms with E-state index >= 15 is 4.39 Å². The van der Waals surface area contributed by atoms with Crippen LogP contribution in [-0.2, 0) is 13.6 Å². The van der Waals surface area contributed by atoms with Crippen molar-refractivity contribution in [3.63, 3.8) is 0 Å².